The smallest absolute Gasteiger partial charge is 0.427 e. The number of hydrogen-bond acceptors (Lipinski definition) is 7. The summed E-state index contributed by atoms with van der Waals surface area (Å²) in [5, 5.41) is 14.8. The van der Waals surface area contributed by atoms with Gasteiger partial charge in [-0.3, -0.25) is 0 Å². The predicted octanol–water partition coefficient (Wildman–Crippen LogP) is 0.147. The number of carbonyl (C=O) groups excluding carboxylic acids is 2. The molecule has 1 aromatic rings. The lowest BCUT2D eigenvalue weighted by atomic mass is 10.1. The van der Waals surface area contributed by atoms with Crippen molar-refractivity contribution in [3.8, 4) is 11.5 Å². The number of ether oxygens (including phenoxy) is 3. The average Bonchev–Trinajstić information content (AvgIpc) is 2.46. The lowest BCUT2D eigenvalue weighted by molar-refractivity contribution is -0.255. The highest BCUT2D eigenvalue weighted by Crippen LogP contribution is 2.32. The zero-order valence-corrected chi connectivity index (χ0v) is 11.8. The summed E-state index contributed by atoms with van der Waals surface area (Å²) >= 11 is 0. The molecule has 1 rings (SSSR count). The minimum Gasteiger partial charge on any atom is -0.545 e. The van der Waals surface area contributed by atoms with Crippen LogP contribution in [0.3, 0.4) is 0 Å². The standard InChI is InChI=1S/C13H16N2O6/c1-4-21-13(18)15-14-7-8-5-6-9(19-2)11(20-3)10(8)12(16)17/h5-7H,4H2,1-3H3,(H,15,18)(H,16,17)/p-1/b14-7-. The molecule has 1 N–H and O–H groups in total. The van der Waals surface area contributed by atoms with Crippen LogP contribution in [0.2, 0.25) is 0 Å². The lowest BCUT2D eigenvalue weighted by Crippen LogP contribution is -2.25. The normalized spacial score (nSPS) is 10.2. The van der Waals surface area contributed by atoms with E-state index in [1.54, 1.807) is 6.92 Å². The van der Waals surface area contributed by atoms with Crippen LogP contribution in [0.25, 0.3) is 0 Å². The number of benzene rings is 1. The first-order valence-electron chi connectivity index (χ1n) is 5.97. The van der Waals surface area contributed by atoms with E-state index in [-0.39, 0.29) is 29.2 Å². The Hall–Kier alpha value is -2.77. The second-order valence-corrected chi connectivity index (χ2v) is 3.64. The number of carboxylic acids is 1. The van der Waals surface area contributed by atoms with E-state index in [4.69, 9.17) is 9.47 Å². The minimum atomic E-state index is -1.46. The molecule has 0 aliphatic carbocycles. The summed E-state index contributed by atoms with van der Waals surface area (Å²) in [6.45, 7) is 1.84. The van der Waals surface area contributed by atoms with Crippen molar-refractivity contribution in [3.05, 3.63) is 23.3 Å². The van der Waals surface area contributed by atoms with Crippen molar-refractivity contribution < 1.29 is 28.9 Å². The van der Waals surface area contributed by atoms with Gasteiger partial charge >= 0.3 is 6.09 Å². The molecule has 1 amide bonds. The van der Waals surface area contributed by atoms with Crippen LogP contribution in [0.15, 0.2) is 17.2 Å². The average molecular weight is 295 g/mol. The molecule has 8 heteroatoms. The van der Waals surface area contributed by atoms with Gasteiger partial charge in [-0.1, -0.05) is 0 Å². The van der Waals surface area contributed by atoms with Crippen LogP contribution in [-0.4, -0.2) is 39.1 Å². The largest absolute Gasteiger partial charge is 0.545 e. The van der Waals surface area contributed by atoms with Gasteiger partial charge in [0.1, 0.15) is 0 Å². The first kappa shape index (κ1) is 16.3. The summed E-state index contributed by atoms with van der Waals surface area (Å²) < 4.78 is 14.6. The molecule has 0 radical (unpaired) electrons. The van der Waals surface area contributed by atoms with Crippen LogP contribution in [-0.2, 0) is 4.74 Å². The maximum absolute atomic E-state index is 11.2. The SMILES string of the molecule is CCOC(=O)N/N=C\c1ccc(OC)c(OC)c1C(=O)[O-]. The van der Waals surface area contributed by atoms with E-state index < -0.39 is 12.1 Å². The summed E-state index contributed by atoms with van der Waals surface area (Å²) in [7, 11) is 2.69. The van der Waals surface area contributed by atoms with E-state index in [0.29, 0.717) is 0 Å². The molecule has 8 nitrogen and oxygen atoms in total. The maximum Gasteiger partial charge on any atom is 0.427 e. The molecule has 0 aliphatic heterocycles. The van der Waals surface area contributed by atoms with Crippen molar-refractivity contribution in [2.24, 2.45) is 5.10 Å². The number of hydrogen-bond donors (Lipinski definition) is 1. The van der Waals surface area contributed by atoms with E-state index in [9.17, 15) is 14.7 Å². The third-order valence-electron chi connectivity index (χ3n) is 2.42. The zero-order valence-electron chi connectivity index (χ0n) is 11.8. The number of amides is 1. The van der Waals surface area contributed by atoms with Crippen LogP contribution in [0.1, 0.15) is 22.8 Å². The molecule has 0 saturated heterocycles. The van der Waals surface area contributed by atoms with Crippen LogP contribution in [0.5, 0.6) is 11.5 Å². The van der Waals surface area contributed by atoms with Gasteiger partial charge in [0, 0.05) is 5.56 Å². The monoisotopic (exact) mass is 295 g/mol. The van der Waals surface area contributed by atoms with E-state index >= 15 is 0 Å². The van der Waals surface area contributed by atoms with Crippen LogP contribution >= 0.6 is 0 Å². The molecule has 21 heavy (non-hydrogen) atoms. The molecule has 0 aliphatic rings. The molecular weight excluding hydrogens is 280 g/mol. The third-order valence-corrected chi connectivity index (χ3v) is 2.42. The van der Waals surface area contributed by atoms with Gasteiger partial charge in [0.2, 0.25) is 0 Å². The maximum atomic E-state index is 11.2. The van der Waals surface area contributed by atoms with Gasteiger partial charge < -0.3 is 24.1 Å². The topological polar surface area (TPSA) is 109 Å². The van der Waals surface area contributed by atoms with E-state index in [0.717, 1.165) is 6.21 Å². The second kappa shape index (κ2) is 7.73. The Morgan fingerprint density at radius 1 is 1.33 bits per heavy atom. The number of aromatic carboxylic acids is 1. The molecule has 0 atom stereocenters. The highest BCUT2D eigenvalue weighted by molar-refractivity contribution is 6.01. The second-order valence-electron chi connectivity index (χ2n) is 3.64. The first-order valence-corrected chi connectivity index (χ1v) is 5.97. The quantitative estimate of drug-likeness (QED) is 0.591. The van der Waals surface area contributed by atoms with Crippen molar-refractivity contribution in [3.63, 3.8) is 0 Å². The number of carbonyl (C=O) groups is 2. The van der Waals surface area contributed by atoms with Gasteiger partial charge in [0.05, 0.1) is 38.6 Å². The predicted molar refractivity (Wildman–Crippen MR) is 71.6 cm³/mol. The van der Waals surface area contributed by atoms with Crippen LogP contribution in [0, 0.1) is 0 Å². The molecule has 0 spiro atoms. The van der Waals surface area contributed by atoms with Gasteiger partial charge in [0.25, 0.3) is 0 Å². The fourth-order valence-electron chi connectivity index (χ4n) is 1.58. The number of hydrazone groups is 1. The highest BCUT2D eigenvalue weighted by atomic mass is 16.5. The summed E-state index contributed by atoms with van der Waals surface area (Å²) in [6, 6.07) is 2.96. The lowest BCUT2D eigenvalue weighted by Gasteiger charge is -2.15. The zero-order chi connectivity index (χ0) is 15.8. The molecule has 0 bridgehead atoms. The van der Waals surface area contributed by atoms with E-state index in [1.807, 2.05) is 0 Å². The van der Waals surface area contributed by atoms with Crippen molar-refractivity contribution >= 4 is 18.3 Å². The van der Waals surface area contributed by atoms with E-state index in [2.05, 4.69) is 15.3 Å². The summed E-state index contributed by atoms with van der Waals surface area (Å²) in [6.07, 6.45) is 0.397. The third kappa shape index (κ3) is 4.10. The molecule has 0 fully saturated rings. The van der Waals surface area contributed by atoms with Crippen molar-refractivity contribution in [1.82, 2.24) is 5.43 Å². The van der Waals surface area contributed by atoms with Gasteiger partial charge in [-0.2, -0.15) is 5.10 Å². The Bertz CT molecular complexity index is 556. The number of nitrogens with zero attached hydrogens (tertiary/aromatic N) is 1. The molecule has 0 aromatic heterocycles. The molecule has 0 heterocycles. The summed E-state index contributed by atoms with van der Waals surface area (Å²) in [4.78, 5) is 22.3. The van der Waals surface area contributed by atoms with Gasteiger partial charge in [-0.15, -0.1) is 0 Å². The minimum absolute atomic E-state index is 0.0117. The Morgan fingerprint density at radius 2 is 2.05 bits per heavy atom. The Balaban J connectivity index is 3.10. The van der Waals surface area contributed by atoms with Crippen molar-refractivity contribution in [2.75, 3.05) is 20.8 Å². The Kier molecular flexibility index (Phi) is 5.99. The van der Waals surface area contributed by atoms with Crippen LogP contribution < -0.4 is 20.0 Å². The van der Waals surface area contributed by atoms with Gasteiger partial charge in [0.15, 0.2) is 11.5 Å². The number of nitrogens with one attached hydrogen (secondary N) is 1. The van der Waals surface area contributed by atoms with Gasteiger partial charge in [-0.25, -0.2) is 10.2 Å². The van der Waals surface area contributed by atoms with Gasteiger partial charge in [-0.05, 0) is 19.1 Å². The Morgan fingerprint density at radius 3 is 2.57 bits per heavy atom. The molecule has 0 saturated carbocycles. The number of carboxylic acid groups (broad SMARTS) is 1. The van der Waals surface area contributed by atoms with Crippen molar-refractivity contribution in [1.29, 1.82) is 0 Å². The number of rotatable bonds is 6. The van der Waals surface area contributed by atoms with Crippen molar-refractivity contribution in [2.45, 2.75) is 6.92 Å². The number of methoxy groups -OCH3 is 2. The van der Waals surface area contributed by atoms with E-state index in [1.165, 1.54) is 26.4 Å². The Labute approximate surface area is 121 Å². The fourth-order valence-corrected chi connectivity index (χ4v) is 1.58. The summed E-state index contributed by atoms with van der Waals surface area (Å²) in [5.41, 5.74) is 2.04. The fraction of sp³-hybridized carbons (Fsp3) is 0.308. The molecular formula is C13H15N2O6-. The van der Waals surface area contributed by atoms with Crippen LogP contribution in [0.4, 0.5) is 4.79 Å². The summed E-state index contributed by atoms with van der Waals surface area (Å²) in [5.74, 6) is -1.20. The molecule has 0 unspecified atom stereocenters. The molecule has 114 valence electrons. The highest BCUT2D eigenvalue weighted by Gasteiger charge is 2.15. The first-order chi connectivity index (χ1) is 10.0. The molecule has 1 aromatic carbocycles.